The Hall–Kier alpha value is -2.51. The summed E-state index contributed by atoms with van der Waals surface area (Å²) < 4.78 is 35.8. The first-order chi connectivity index (χ1) is 16.6. The van der Waals surface area contributed by atoms with E-state index in [2.05, 4.69) is 50.6 Å². The summed E-state index contributed by atoms with van der Waals surface area (Å²) in [7, 11) is -1.28. The van der Waals surface area contributed by atoms with Crippen molar-refractivity contribution in [1.29, 1.82) is 0 Å². The van der Waals surface area contributed by atoms with Gasteiger partial charge in [-0.3, -0.25) is 4.57 Å². The van der Waals surface area contributed by atoms with Gasteiger partial charge in [-0.15, -0.1) is 0 Å². The van der Waals surface area contributed by atoms with Gasteiger partial charge >= 0.3 is 12.6 Å². The first-order valence-electron chi connectivity index (χ1n) is 11.4. The molecule has 1 aliphatic rings. The summed E-state index contributed by atoms with van der Waals surface area (Å²) in [6.45, 7) is 6.76. The van der Waals surface area contributed by atoms with Crippen LogP contribution in [0.1, 0.15) is 6.55 Å². The van der Waals surface area contributed by atoms with Gasteiger partial charge in [-0.25, -0.2) is 14.5 Å². The molecule has 0 spiro atoms. The summed E-state index contributed by atoms with van der Waals surface area (Å²) >= 11 is 3.71. The first-order valence-corrected chi connectivity index (χ1v) is 15.9. The number of ether oxygens (including phenoxy) is 1. The van der Waals surface area contributed by atoms with Crippen LogP contribution in [-0.2, 0) is 11.5 Å². The normalized spacial score (nSPS) is 14.9. The number of carbonyl (C=O) groups is 1. The number of piperazine rings is 1. The topological polar surface area (TPSA) is 88.7 Å². The van der Waals surface area contributed by atoms with Crippen LogP contribution in [0, 0.1) is 0 Å². The number of rotatable bonds is 8. The van der Waals surface area contributed by atoms with E-state index < -0.39 is 20.7 Å². The maximum absolute atomic E-state index is 13.3. The molecule has 0 aromatic carbocycles. The number of nitrogens with zero attached hydrogens (tertiary/aromatic N) is 6. The van der Waals surface area contributed by atoms with Crippen molar-refractivity contribution in [2.45, 2.75) is 39.0 Å². The standard InChI is InChI=1S/C22H29BrF2N6O3Si/c1-35(2,3)11-10-34-14-30-19(15-12-27-31(13-15)21(24)25)18(23)17-16(4-5-26-20(17)30)28-6-8-29(9-7-28)22(32)33/h4-5,12-13,21H,6-11,14H2,1-3H3,(H,32,33). The Balaban J connectivity index is 1.74. The molecule has 9 nitrogen and oxygen atoms in total. The van der Waals surface area contributed by atoms with Crippen molar-refractivity contribution in [3.63, 3.8) is 0 Å². The van der Waals surface area contributed by atoms with Gasteiger partial charge in [0.1, 0.15) is 12.4 Å². The van der Waals surface area contributed by atoms with Crippen LogP contribution in [0.25, 0.3) is 22.3 Å². The Morgan fingerprint density at radius 1 is 1.26 bits per heavy atom. The average Bonchev–Trinajstić information content (AvgIpc) is 3.39. The minimum atomic E-state index is -2.74. The number of hydrogen-bond donors (Lipinski definition) is 1. The minimum absolute atomic E-state index is 0.213. The molecule has 4 heterocycles. The zero-order chi connectivity index (χ0) is 25.3. The molecule has 4 rings (SSSR count). The second-order valence-corrected chi connectivity index (χ2v) is 16.1. The van der Waals surface area contributed by atoms with Crippen molar-refractivity contribution in [3.05, 3.63) is 29.1 Å². The van der Waals surface area contributed by atoms with Gasteiger partial charge in [-0.05, 0) is 28.0 Å². The number of anilines is 1. The molecule has 1 saturated heterocycles. The third-order valence-electron chi connectivity index (χ3n) is 6.04. The van der Waals surface area contributed by atoms with E-state index in [0.29, 0.717) is 58.8 Å². The number of halogens is 3. The van der Waals surface area contributed by atoms with Gasteiger partial charge in [0.05, 0.1) is 27.4 Å². The SMILES string of the molecule is C[Si](C)(C)CCOCn1c(-c2cnn(C(F)F)c2)c(Br)c2c(N3CCN(C(=O)O)CC3)ccnc21. The van der Waals surface area contributed by atoms with Gasteiger partial charge in [0.15, 0.2) is 0 Å². The van der Waals surface area contributed by atoms with E-state index in [4.69, 9.17) is 4.74 Å². The largest absolute Gasteiger partial charge is 0.465 e. The molecule has 35 heavy (non-hydrogen) atoms. The van der Waals surface area contributed by atoms with Crippen LogP contribution in [0.3, 0.4) is 0 Å². The fourth-order valence-corrected chi connectivity index (χ4v) is 5.69. The Bertz CT molecular complexity index is 1200. The molecule has 0 bridgehead atoms. The summed E-state index contributed by atoms with van der Waals surface area (Å²) in [6.07, 6.45) is 3.51. The van der Waals surface area contributed by atoms with Crippen LogP contribution in [0.15, 0.2) is 29.1 Å². The molecule has 0 radical (unpaired) electrons. The molecule has 1 aliphatic heterocycles. The Kier molecular flexibility index (Phi) is 7.48. The Morgan fingerprint density at radius 2 is 1.97 bits per heavy atom. The summed E-state index contributed by atoms with van der Waals surface area (Å²) in [5.41, 5.74) is 2.73. The minimum Gasteiger partial charge on any atom is -0.465 e. The highest BCUT2D eigenvalue weighted by Gasteiger charge is 2.27. The highest BCUT2D eigenvalue weighted by atomic mass is 79.9. The van der Waals surface area contributed by atoms with Gasteiger partial charge < -0.3 is 19.6 Å². The quantitative estimate of drug-likeness (QED) is 0.297. The number of aromatic nitrogens is 4. The molecule has 1 amide bonds. The van der Waals surface area contributed by atoms with Gasteiger partial charge in [0, 0.05) is 58.8 Å². The van der Waals surface area contributed by atoms with E-state index >= 15 is 0 Å². The van der Waals surface area contributed by atoms with Crippen molar-refractivity contribution >= 4 is 46.8 Å². The average molecular weight is 571 g/mol. The van der Waals surface area contributed by atoms with Crippen molar-refractivity contribution in [2.24, 2.45) is 0 Å². The summed E-state index contributed by atoms with van der Waals surface area (Å²) in [5, 5.41) is 13.9. The second-order valence-electron chi connectivity index (χ2n) is 9.71. The number of carboxylic acid groups (broad SMARTS) is 1. The van der Waals surface area contributed by atoms with Crippen molar-refractivity contribution in [3.8, 4) is 11.3 Å². The molecule has 0 unspecified atom stereocenters. The van der Waals surface area contributed by atoms with Gasteiger partial charge in [0.25, 0.3) is 0 Å². The van der Waals surface area contributed by atoms with Crippen molar-refractivity contribution in [1.82, 2.24) is 24.2 Å². The summed E-state index contributed by atoms with van der Waals surface area (Å²) in [4.78, 5) is 19.4. The lowest BCUT2D eigenvalue weighted by Crippen LogP contribution is -2.48. The van der Waals surface area contributed by atoms with E-state index in [-0.39, 0.29) is 6.73 Å². The van der Waals surface area contributed by atoms with E-state index in [1.165, 1.54) is 17.3 Å². The molecule has 0 atom stereocenters. The van der Waals surface area contributed by atoms with E-state index in [0.717, 1.165) is 17.1 Å². The predicted molar refractivity (Wildman–Crippen MR) is 136 cm³/mol. The summed E-state index contributed by atoms with van der Waals surface area (Å²) in [6, 6.07) is 2.89. The smallest absolute Gasteiger partial charge is 0.407 e. The Morgan fingerprint density at radius 3 is 2.57 bits per heavy atom. The molecule has 0 aliphatic carbocycles. The Labute approximate surface area is 211 Å². The van der Waals surface area contributed by atoms with E-state index in [1.807, 2.05) is 10.6 Å². The van der Waals surface area contributed by atoms with Gasteiger partial charge in [-0.2, -0.15) is 13.9 Å². The molecule has 0 saturated carbocycles. The zero-order valence-electron chi connectivity index (χ0n) is 19.9. The van der Waals surface area contributed by atoms with E-state index in [9.17, 15) is 18.7 Å². The molecule has 1 N–H and O–H groups in total. The molecule has 13 heteroatoms. The molecule has 1 fully saturated rings. The van der Waals surface area contributed by atoms with Crippen LogP contribution in [-0.4, -0.2) is 76.3 Å². The van der Waals surface area contributed by atoms with Crippen LogP contribution in [0.5, 0.6) is 0 Å². The van der Waals surface area contributed by atoms with Crippen LogP contribution < -0.4 is 4.90 Å². The lowest BCUT2D eigenvalue weighted by Gasteiger charge is -2.35. The maximum Gasteiger partial charge on any atom is 0.407 e. The first kappa shape index (κ1) is 25.6. The number of fused-ring (bicyclic) bond motifs is 1. The fourth-order valence-electron chi connectivity index (χ4n) is 4.11. The highest BCUT2D eigenvalue weighted by molar-refractivity contribution is 9.10. The number of hydrogen-bond acceptors (Lipinski definition) is 5. The van der Waals surface area contributed by atoms with Crippen LogP contribution in [0.4, 0.5) is 19.3 Å². The second kappa shape index (κ2) is 10.2. The van der Waals surface area contributed by atoms with Crippen molar-refractivity contribution in [2.75, 3.05) is 37.7 Å². The highest BCUT2D eigenvalue weighted by Crippen LogP contribution is 2.42. The monoisotopic (exact) mass is 570 g/mol. The predicted octanol–water partition coefficient (Wildman–Crippen LogP) is 5.17. The van der Waals surface area contributed by atoms with Crippen LogP contribution >= 0.6 is 15.9 Å². The molecular weight excluding hydrogens is 542 g/mol. The number of amides is 1. The third-order valence-corrected chi connectivity index (χ3v) is 8.52. The lowest BCUT2D eigenvalue weighted by molar-refractivity contribution is 0.0566. The van der Waals surface area contributed by atoms with E-state index in [1.54, 1.807) is 6.20 Å². The molecular formula is C22H29BrF2N6O3Si. The fraction of sp³-hybridized carbons (Fsp3) is 0.500. The number of pyridine rings is 1. The van der Waals surface area contributed by atoms with Gasteiger partial charge in [-0.1, -0.05) is 19.6 Å². The third kappa shape index (κ3) is 5.51. The summed E-state index contributed by atoms with van der Waals surface area (Å²) in [5.74, 6) is 0. The van der Waals surface area contributed by atoms with Gasteiger partial charge in [0.2, 0.25) is 0 Å². The molecule has 190 valence electrons. The van der Waals surface area contributed by atoms with Crippen molar-refractivity contribution < 1.29 is 23.4 Å². The zero-order valence-corrected chi connectivity index (χ0v) is 22.5. The lowest BCUT2D eigenvalue weighted by atomic mass is 10.2. The van der Waals surface area contributed by atoms with Crippen LogP contribution in [0.2, 0.25) is 25.7 Å². The molecule has 3 aromatic heterocycles. The number of alkyl halides is 2. The molecule has 3 aromatic rings. The maximum atomic E-state index is 13.3.